The Labute approximate surface area is 184 Å². The van der Waals surface area contributed by atoms with Crippen LogP contribution in [0.4, 0.5) is 38.0 Å². The summed E-state index contributed by atoms with van der Waals surface area (Å²) >= 11 is 0. The number of nitrogens with two attached hydrogens (primary N) is 1. The van der Waals surface area contributed by atoms with Crippen molar-refractivity contribution in [3.05, 3.63) is 71.2 Å². The predicted octanol–water partition coefficient (Wildman–Crippen LogP) is 4.83. The zero-order valence-electron chi connectivity index (χ0n) is 16.7. The van der Waals surface area contributed by atoms with Gasteiger partial charge >= 0.3 is 6.18 Å². The maximum atomic E-state index is 14.2. The number of nitrogens with zero attached hydrogens (tertiary/aromatic N) is 2. The fourth-order valence-electron chi connectivity index (χ4n) is 2.97. The van der Waals surface area contributed by atoms with Crippen molar-refractivity contribution in [2.24, 2.45) is 5.73 Å². The number of benzene rings is 2. The number of rotatable bonds is 7. The molecule has 0 aliphatic heterocycles. The Balaban J connectivity index is 2.01. The molecule has 0 saturated carbocycles. The van der Waals surface area contributed by atoms with E-state index in [1.165, 1.54) is 6.07 Å². The monoisotopic (exact) mass is 489 g/mol. The van der Waals surface area contributed by atoms with Crippen LogP contribution in [0.1, 0.15) is 11.1 Å². The van der Waals surface area contributed by atoms with Crippen molar-refractivity contribution in [1.29, 1.82) is 4.78 Å². The van der Waals surface area contributed by atoms with Crippen LogP contribution in [-0.2, 0) is 21.7 Å². The van der Waals surface area contributed by atoms with Gasteiger partial charge in [0.1, 0.15) is 17.3 Å². The second kappa shape index (κ2) is 9.35. The third-order valence-corrected chi connectivity index (χ3v) is 6.05. The van der Waals surface area contributed by atoms with Gasteiger partial charge in [0.2, 0.25) is 5.95 Å². The molecule has 0 saturated heterocycles. The van der Waals surface area contributed by atoms with Gasteiger partial charge in [0.05, 0.1) is 17.5 Å². The van der Waals surface area contributed by atoms with Crippen LogP contribution in [0.2, 0.25) is 0 Å². The molecule has 6 nitrogen and oxygen atoms in total. The van der Waals surface area contributed by atoms with Gasteiger partial charge in [-0.05, 0) is 35.9 Å². The molecule has 0 fully saturated rings. The Morgan fingerprint density at radius 3 is 2.42 bits per heavy atom. The van der Waals surface area contributed by atoms with Crippen molar-refractivity contribution < 1.29 is 30.6 Å². The summed E-state index contributed by atoms with van der Waals surface area (Å²) in [5, 5.41) is 2.48. The van der Waals surface area contributed by atoms with Crippen molar-refractivity contribution >= 4 is 21.4 Å². The third-order valence-electron chi connectivity index (χ3n) is 4.35. The van der Waals surface area contributed by atoms with E-state index in [0.717, 1.165) is 24.3 Å². The van der Waals surface area contributed by atoms with Gasteiger partial charge in [0.25, 0.3) is 0 Å². The smallest absolute Gasteiger partial charge is 0.330 e. The molecular formula is C20H17F6N5OS. The molecule has 4 N–H and O–H groups in total. The molecule has 1 aromatic heterocycles. The molecule has 0 aliphatic carbocycles. The molecule has 3 aromatic rings. The lowest BCUT2D eigenvalue weighted by Gasteiger charge is -2.14. The number of halogens is 6. The molecule has 176 valence electrons. The van der Waals surface area contributed by atoms with Gasteiger partial charge in [-0.15, -0.1) is 0 Å². The standard InChI is InChI=1S/C20H17F6N5OS/c21-13-1-2-15(16(22)8-13)18-17(23)9-29-19(31-18)30-14-6-11(10-33(28,32)4-3-27)5-12(7-14)20(24,25)26/h1-2,5-9,28H,3-4,10,27H2,(H,29,30,31)/t33-/m0/s1. The van der Waals surface area contributed by atoms with Gasteiger partial charge in [-0.3, -0.25) is 4.78 Å². The van der Waals surface area contributed by atoms with E-state index in [4.69, 9.17) is 10.5 Å². The highest BCUT2D eigenvalue weighted by Gasteiger charge is 2.31. The number of hydrogen-bond donors (Lipinski definition) is 3. The van der Waals surface area contributed by atoms with Crippen molar-refractivity contribution in [3.8, 4) is 11.3 Å². The lowest BCUT2D eigenvalue weighted by atomic mass is 10.1. The predicted molar refractivity (Wildman–Crippen MR) is 111 cm³/mol. The van der Waals surface area contributed by atoms with Crippen LogP contribution in [0, 0.1) is 22.2 Å². The largest absolute Gasteiger partial charge is 0.416 e. The summed E-state index contributed by atoms with van der Waals surface area (Å²) in [4.78, 5) is 7.45. The lowest BCUT2D eigenvalue weighted by molar-refractivity contribution is -0.137. The molecule has 0 bridgehead atoms. The van der Waals surface area contributed by atoms with Gasteiger partial charge in [-0.2, -0.15) is 13.2 Å². The molecule has 3 rings (SSSR count). The molecule has 1 atom stereocenters. The van der Waals surface area contributed by atoms with Crippen molar-refractivity contribution in [2.45, 2.75) is 11.9 Å². The SMILES string of the molecule is N=[S@](=O)(CCN)Cc1cc(Nc2ncc(F)c(-c3ccc(F)cc3F)n2)cc(C(F)(F)F)c1. The Morgan fingerprint density at radius 2 is 1.79 bits per heavy atom. The molecule has 0 aliphatic rings. The van der Waals surface area contributed by atoms with Crippen LogP contribution in [0.25, 0.3) is 11.3 Å². The average Bonchev–Trinajstić information content (AvgIpc) is 2.68. The van der Waals surface area contributed by atoms with Crippen LogP contribution >= 0.6 is 0 Å². The van der Waals surface area contributed by atoms with Crippen LogP contribution < -0.4 is 11.1 Å². The van der Waals surface area contributed by atoms with Gasteiger partial charge in [0, 0.05) is 39.3 Å². The quantitative estimate of drug-likeness (QED) is 0.413. The van der Waals surface area contributed by atoms with Crippen LogP contribution in [0.3, 0.4) is 0 Å². The minimum absolute atomic E-state index is 0.0484. The van der Waals surface area contributed by atoms with Crippen LogP contribution in [0.5, 0.6) is 0 Å². The van der Waals surface area contributed by atoms with E-state index in [-0.39, 0.29) is 35.1 Å². The van der Waals surface area contributed by atoms with Crippen molar-refractivity contribution in [3.63, 3.8) is 0 Å². The minimum Gasteiger partial charge on any atom is -0.330 e. The molecule has 33 heavy (non-hydrogen) atoms. The fraction of sp³-hybridized carbons (Fsp3) is 0.200. The number of nitrogens with one attached hydrogen (secondary N) is 2. The minimum atomic E-state index is -4.75. The van der Waals surface area contributed by atoms with E-state index in [2.05, 4.69) is 15.3 Å². The van der Waals surface area contributed by atoms with E-state index in [0.29, 0.717) is 12.3 Å². The summed E-state index contributed by atoms with van der Waals surface area (Å²) in [5.41, 5.74) is 3.08. The number of hydrogen-bond acceptors (Lipinski definition) is 6. The number of aromatic nitrogens is 2. The zero-order valence-corrected chi connectivity index (χ0v) is 17.5. The summed E-state index contributed by atoms with van der Waals surface area (Å²) in [5.74, 6) is -4.05. The Morgan fingerprint density at radius 1 is 1.06 bits per heavy atom. The van der Waals surface area contributed by atoms with Crippen LogP contribution in [-0.4, -0.2) is 26.5 Å². The first-order chi connectivity index (χ1) is 15.4. The highest BCUT2D eigenvalue weighted by atomic mass is 32.2. The first-order valence-corrected chi connectivity index (χ1v) is 11.2. The second-order valence-corrected chi connectivity index (χ2v) is 9.33. The maximum Gasteiger partial charge on any atom is 0.416 e. The Kier molecular flexibility index (Phi) is 6.93. The normalized spacial score (nSPS) is 13.5. The Bertz CT molecular complexity index is 1280. The van der Waals surface area contributed by atoms with E-state index in [1.54, 1.807) is 0 Å². The molecule has 0 amide bonds. The van der Waals surface area contributed by atoms with Gasteiger partial charge in [-0.1, -0.05) is 0 Å². The summed E-state index contributed by atoms with van der Waals surface area (Å²) < 4.78 is 102. The third kappa shape index (κ3) is 6.20. The van der Waals surface area contributed by atoms with Crippen molar-refractivity contribution in [2.75, 3.05) is 17.6 Å². The van der Waals surface area contributed by atoms with E-state index in [1.807, 2.05) is 0 Å². The first-order valence-electron chi connectivity index (χ1n) is 9.28. The van der Waals surface area contributed by atoms with Gasteiger partial charge in [0.15, 0.2) is 5.82 Å². The van der Waals surface area contributed by atoms with Crippen molar-refractivity contribution in [1.82, 2.24) is 9.97 Å². The summed E-state index contributed by atoms with van der Waals surface area (Å²) in [7, 11) is -3.27. The Hall–Kier alpha value is -3.19. The van der Waals surface area contributed by atoms with E-state index >= 15 is 0 Å². The van der Waals surface area contributed by atoms with Gasteiger partial charge in [-0.25, -0.2) is 27.3 Å². The highest BCUT2D eigenvalue weighted by molar-refractivity contribution is 7.91. The van der Waals surface area contributed by atoms with E-state index in [9.17, 15) is 30.6 Å². The molecule has 13 heteroatoms. The molecule has 0 spiro atoms. The molecule has 0 radical (unpaired) electrons. The lowest BCUT2D eigenvalue weighted by Crippen LogP contribution is -2.16. The molecular weight excluding hydrogens is 472 g/mol. The van der Waals surface area contributed by atoms with E-state index < -0.39 is 50.4 Å². The zero-order chi connectivity index (χ0) is 24.4. The average molecular weight is 489 g/mol. The van der Waals surface area contributed by atoms with Gasteiger partial charge < -0.3 is 11.1 Å². The molecule has 0 unspecified atom stereocenters. The fourth-order valence-corrected chi connectivity index (χ4v) is 4.20. The topological polar surface area (TPSA) is 105 Å². The molecule has 1 heterocycles. The van der Waals surface area contributed by atoms with Crippen LogP contribution in [0.15, 0.2) is 42.6 Å². The summed E-state index contributed by atoms with van der Waals surface area (Å²) in [6.07, 6.45) is -4.07. The first kappa shape index (κ1) is 24.5. The molecule has 2 aromatic carbocycles. The highest BCUT2D eigenvalue weighted by Crippen LogP contribution is 2.33. The summed E-state index contributed by atoms with van der Waals surface area (Å²) in [6, 6.07) is 5.09. The maximum absolute atomic E-state index is 14.2. The summed E-state index contributed by atoms with van der Waals surface area (Å²) in [6.45, 7) is -0.0709. The second-order valence-electron chi connectivity index (χ2n) is 7.00. The number of alkyl halides is 3. The number of anilines is 2.